The molecule has 0 rings (SSSR count). The molecule has 0 aliphatic carbocycles. The van der Waals surface area contributed by atoms with Gasteiger partial charge in [-0.1, -0.05) is 6.58 Å². The van der Waals surface area contributed by atoms with E-state index >= 15 is 0 Å². The first-order chi connectivity index (χ1) is 10.7. The average molecular weight is 400 g/mol. The summed E-state index contributed by atoms with van der Waals surface area (Å²) in [6.45, 7) is 0.317. The van der Waals surface area contributed by atoms with Gasteiger partial charge in [-0.05, 0) is 6.92 Å². The summed E-state index contributed by atoms with van der Waals surface area (Å²) < 4.78 is 156. The molecule has 0 radical (unpaired) electrons. The number of carbonyl (C=O) groups excluding carboxylic acids is 1. The van der Waals surface area contributed by atoms with Crippen LogP contribution in [0.4, 0.5) is 52.7 Å². The summed E-state index contributed by atoms with van der Waals surface area (Å²) in [6.07, 6.45) is -21.0. The van der Waals surface area contributed by atoms with Crippen molar-refractivity contribution < 1.29 is 62.2 Å². The van der Waals surface area contributed by atoms with Gasteiger partial charge in [0.05, 0.1) is 0 Å². The Labute approximate surface area is 131 Å². The van der Waals surface area contributed by atoms with Gasteiger partial charge < -0.3 is 4.74 Å². The fourth-order valence-corrected chi connectivity index (χ4v) is 1.59. The van der Waals surface area contributed by atoms with Crippen molar-refractivity contribution >= 4 is 5.97 Å². The van der Waals surface area contributed by atoms with Gasteiger partial charge in [0.15, 0.2) is 5.92 Å². The molecule has 1 unspecified atom stereocenters. The van der Waals surface area contributed by atoms with Crippen molar-refractivity contribution in [1.29, 1.82) is 0 Å². The van der Waals surface area contributed by atoms with Gasteiger partial charge >= 0.3 is 30.4 Å². The van der Waals surface area contributed by atoms with Crippen molar-refractivity contribution in [3.05, 3.63) is 12.2 Å². The molecular weight excluding hydrogens is 392 g/mol. The lowest BCUT2D eigenvalue weighted by molar-refractivity contribution is -0.394. The summed E-state index contributed by atoms with van der Waals surface area (Å²) in [5.74, 6) is -14.9. The predicted molar refractivity (Wildman–Crippen MR) is 56.2 cm³/mol. The van der Waals surface area contributed by atoms with E-state index in [0.717, 1.165) is 6.92 Å². The number of ether oxygens (including phenoxy) is 1. The van der Waals surface area contributed by atoms with Crippen molar-refractivity contribution in [2.24, 2.45) is 5.92 Å². The van der Waals surface area contributed by atoms with Crippen LogP contribution in [0.3, 0.4) is 0 Å². The molecular formula is C11H8F12O2. The van der Waals surface area contributed by atoms with Crippen LogP contribution >= 0.6 is 0 Å². The zero-order valence-corrected chi connectivity index (χ0v) is 11.8. The molecule has 0 fully saturated rings. The maximum absolute atomic E-state index is 14.1. The van der Waals surface area contributed by atoms with Gasteiger partial charge in [-0.3, -0.25) is 0 Å². The molecule has 0 aromatic heterocycles. The van der Waals surface area contributed by atoms with Gasteiger partial charge in [0, 0.05) is 5.57 Å². The molecule has 0 N–H and O–H groups in total. The van der Waals surface area contributed by atoms with Crippen LogP contribution in [-0.2, 0) is 9.53 Å². The van der Waals surface area contributed by atoms with E-state index in [4.69, 9.17) is 0 Å². The van der Waals surface area contributed by atoms with E-state index in [1.807, 2.05) is 0 Å². The van der Waals surface area contributed by atoms with Crippen LogP contribution in [0, 0.1) is 5.92 Å². The van der Waals surface area contributed by atoms with Gasteiger partial charge in [-0.2, -0.15) is 48.3 Å². The van der Waals surface area contributed by atoms with E-state index in [1.54, 1.807) is 0 Å². The van der Waals surface area contributed by atoms with Crippen molar-refractivity contribution in [2.45, 2.75) is 37.0 Å². The molecule has 0 heterocycles. The van der Waals surface area contributed by atoms with Crippen LogP contribution in [0.2, 0.25) is 0 Å². The molecule has 0 aromatic rings. The second kappa shape index (κ2) is 6.59. The van der Waals surface area contributed by atoms with E-state index in [-0.39, 0.29) is 0 Å². The van der Waals surface area contributed by atoms with Gasteiger partial charge in [-0.15, -0.1) is 0 Å². The Morgan fingerprint density at radius 2 is 1.24 bits per heavy atom. The van der Waals surface area contributed by atoms with Crippen LogP contribution in [0.1, 0.15) is 6.92 Å². The smallest absolute Gasteiger partial charge is 0.456 e. The summed E-state index contributed by atoms with van der Waals surface area (Å²) in [6, 6.07) is 0. The van der Waals surface area contributed by atoms with E-state index < -0.39 is 54.2 Å². The molecule has 0 aliphatic heterocycles. The van der Waals surface area contributed by atoms with Crippen LogP contribution in [0.5, 0.6) is 0 Å². The topological polar surface area (TPSA) is 26.3 Å². The summed E-state index contributed by atoms with van der Waals surface area (Å²) >= 11 is 0. The fourth-order valence-electron chi connectivity index (χ4n) is 1.59. The third-order valence-corrected chi connectivity index (χ3v) is 2.75. The molecule has 0 aromatic carbocycles. The van der Waals surface area contributed by atoms with E-state index in [2.05, 4.69) is 11.3 Å². The highest BCUT2D eigenvalue weighted by Crippen LogP contribution is 2.57. The standard InChI is InChI=1S/C11H8F12O2/c1-4(2)5(24)25-3-7(12,10(19,20)11(21,22)23)6(8(13,14)15)9(16,17)18/h6H,1,3H2,2H3. The first kappa shape index (κ1) is 23.4. The first-order valence-electron chi connectivity index (χ1n) is 5.79. The SMILES string of the molecule is C=C(C)C(=O)OCC(F)(C(C(F)(F)F)C(F)(F)F)C(F)(F)C(F)(F)F. The van der Waals surface area contributed by atoms with Crippen molar-refractivity contribution in [1.82, 2.24) is 0 Å². The maximum Gasteiger partial charge on any atom is 0.456 e. The van der Waals surface area contributed by atoms with E-state index in [9.17, 15) is 57.5 Å². The second-order valence-corrected chi connectivity index (χ2v) is 4.81. The second-order valence-electron chi connectivity index (χ2n) is 4.81. The van der Waals surface area contributed by atoms with Gasteiger partial charge in [-0.25, -0.2) is 9.18 Å². The van der Waals surface area contributed by atoms with Gasteiger partial charge in [0.1, 0.15) is 6.61 Å². The lowest BCUT2D eigenvalue weighted by Gasteiger charge is -2.40. The highest BCUT2D eigenvalue weighted by atomic mass is 19.4. The van der Waals surface area contributed by atoms with Crippen molar-refractivity contribution in [2.75, 3.05) is 6.61 Å². The summed E-state index contributed by atoms with van der Waals surface area (Å²) in [4.78, 5) is 10.9. The number of alkyl halides is 12. The Hall–Kier alpha value is -1.63. The molecule has 25 heavy (non-hydrogen) atoms. The fraction of sp³-hybridized carbons (Fsp3) is 0.727. The molecule has 0 bridgehead atoms. The van der Waals surface area contributed by atoms with Crippen LogP contribution < -0.4 is 0 Å². The molecule has 0 amide bonds. The Morgan fingerprint density at radius 1 is 0.880 bits per heavy atom. The molecule has 0 saturated carbocycles. The van der Waals surface area contributed by atoms with Gasteiger partial charge in [0.25, 0.3) is 0 Å². The largest absolute Gasteiger partial charge is 0.459 e. The Bertz CT molecular complexity index is 501. The maximum atomic E-state index is 14.1. The number of carbonyl (C=O) groups is 1. The minimum Gasteiger partial charge on any atom is -0.459 e. The zero-order chi connectivity index (χ0) is 20.6. The van der Waals surface area contributed by atoms with Crippen LogP contribution in [-0.4, -0.2) is 42.7 Å². The molecule has 2 nitrogen and oxygen atoms in total. The number of esters is 1. The summed E-state index contributed by atoms with van der Waals surface area (Å²) in [7, 11) is 0. The number of hydrogen-bond acceptors (Lipinski definition) is 2. The van der Waals surface area contributed by atoms with Crippen LogP contribution in [0.25, 0.3) is 0 Å². The minimum atomic E-state index is -7.16. The lowest BCUT2D eigenvalue weighted by atomic mass is 9.82. The monoisotopic (exact) mass is 400 g/mol. The number of rotatable bonds is 5. The summed E-state index contributed by atoms with van der Waals surface area (Å²) in [5.41, 5.74) is -7.21. The molecule has 0 saturated heterocycles. The molecule has 0 spiro atoms. The number of hydrogen-bond donors (Lipinski definition) is 0. The average Bonchev–Trinajstić information content (AvgIpc) is 2.30. The Balaban J connectivity index is 6.41. The van der Waals surface area contributed by atoms with Crippen molar-refractivity contribution in [3.63, 3.8) is 0 Å². The Morgan fingerprint density at radius 3 is 1.48 bits per heavy atom. The van der Waals surface area contributed by atoms with Gasteiger partial charge in [0.2, 0.25) is 5.67 Å². The zero-order valence-electron chi connectivity index (χ0n) is 11.8. The quantitative estimate of drug-likeness (QED) is 0.378. The highest BCUT2D eigenvalue weighted by molar-refractivity contribution is 5.86. The highest BCUT2D eigenvalue weighted by Gasteiger charge is 2.82. The predicted octanol–water partition coefficient (Wildman–Crippen LogP) is 4.75. The van der Waals surface area contributed by atoms with E-state index in [1.165, 1.54) is 0 Å². The van der Waals surface area contributed by atoms with Crippen molar-refractivity contribution in [3.8, 4) is 0 Å². The number of halogens is 12. The molecule has 148 valence electrons. The molecule has 0 aliphatic rings. The lowest BCUT2D eigenvalue weighted by Crippen LogP contribution is -2.67. The Kier molecular flexibility index (Phi) is 6.16. The first-order valence-corrected chi connectivity index (χ1v) is 5.79. The third-order valence-electron chi connectivity index (χ3n) is 2.75. The summed E-state index contributed by atoms with van der Waals surface area (Å²) in [5, 5.41) is 0. The van der Waals surface area contributed by atoms with Crippen LogP contribution in [0.15, 0.2) is 12.2 Å². The molecule has 14 heteroatoms. The normalized spacial score (nSPS) is 16.6. The molecule has 1 atom stereocenters. The minimum absolute atomic E-state index is 0.731. The van der Waals surface area contributed by atoms with E-state index in [0.29, 0.717) is 0 Å². The third kappa shape index (κ3) is 4.71.